The molecule has 150 valence electrons. The number of sulfonamides is 1. The second kappa shape index (κ2) is 8.00. The molecule has 4 aromatic rings. The van der Waals surface area contributed by atoms with Crippen molar-refractivity contribution < 1.29 is 13.2 Å². The second-order valence-corrected chi connectivity index (χ2v) is 8.58. The van der Waals surface area contributed by atoms with E-state index in [0.717, 1.165) is 10.8 Å². The van der Waals surface area contributed by atoms with Crippen molar-refractivity contribution in [3.63, 3.8) is 0 Å². The number of amides is 1. The molecule has 6 heteroatoms. The fourth-order valence-corrected chi connectivity index (χ4v) is 4.61. The van der Waals surface area contributed by atoms with E-state index in [1.807, 2.05) is 42.5 Å². The number of fused-ring (bicyclic) bond motifs is 1. The van der Waals surface area contributed by atoms with Crippen LogP contribution in [0.4, 0.5) is 11.4 Å². The monoisotopic (exact) mass is 416 g/mol. The summed E-state index contributed by atoms with van der Waals surface area (Å²) in [5.74, 6) is -0.373. The topological polar surface area (TPSA) is 75.3 Å². The van der Waals surface area contributed by atoms with Crippen molar-refractivity contribution >= 4 is 38.1 Å². The van der Waals surface area contributed by atoms with Crippen molar-refractivity contribution in [2.24, 2.45) is 0 Å². The molecule has 0 aliphatic carbocycles. The Balaban J connectivity index is 1.65. The SMILES string of the molecule is Cc1ccc(C(=O)Nc2cccc3ccccc23)cc1S(=O)(=O)Nc1ccccc1. The number of nitrogens with one attached hydrogen (secondary N) is 2. The molecule has 0 aliphatic rings. The molecule has 0 saturated carbocycles. The van der Waals surface area contributed by atoms with Crippen LogP contribution in [0.3, 0.4) is 0 Å². The van der Waals surface area contributed by atoms with Crippen LogP contribution in [0.15, 0.2) is 95.9 Å². The van der Waals surface area contributed by atoms with Gasteiger partial charge in [-0.05, 0) is 48.2 Å². The maximum Gasteiger partial charge on any atom is 0.262 e. The van der Waals surface area contributed by atoms with Gasteiger partial charge in [0.05, 0.1) is 4.90 Å². The number of benzene rings is 4. The summed E-state index contributed by atoms with van der Waals surface area (Å²) in [4.78, 5) is 12.9. The number of anilines is 2. The molecule has 0 bridgehead atoms. The summed E-state index contributed by atoms with van der Waals surface area (Å²) in [5, 5.41) is 4.82. The Hall–Kier alpha value is -3.64. The Kier molecular flexibility index (Phi) is 5.25. The fourth-order valence-electron chi connectivity index (χ4n) is 3.28. The van der Waals surface area contributed by atoms with E-state index >= 15 is 0 Å². The van der Waals surface area contributed by atoms with Gasteiger partial charge >= 0.3 is 0 Å². The summed E-state index contributed by atoms with van der Waals surface area (Å²) < 4.78 is 28.3. The van der Waals surface area contributed by atoms with Crippen LogP contribution in [-0.4, -0.2) is 14.3 Å². The van der Waals surface area contributed by atoms with Crippen molar-refractivity contribution in [1.29, 1.82) is 0 Å². The molecule has 0 aliphatic heterocycles. The molecule has 4 aromatic carbocycles. The van der Waals surface area contributed by atoms with Gasteiger partial charge in [0.2, 0.25) is 0 Å². The van der Waals surface area contributed by atoms with Gasteiger partial charge in [-0.25, -0.2) is 8.42 Å². The van der Waals surface area contributed by atoms with Crippen molar-refractivity contribution in [1.82, 2.24) is 0 Å². The van der Waals surface area contributed by atoms with E-state index < -0.39 is 10.0 Å². The number of carbonyl (C=O) groups excluding carboxylic acids is 1. The van der Waals surface area contributed by atoms with Crippen molar-refractivity contribution in [3.05, 3.63) is 102 Å². The lowest BCUT2D eigenvalue weighted by atomic mass is 10.1. The lowest BCUT2D eigenvalue weighted by Gasteiger charge is -2.13. The van der Waals surface area contributed by atoms with Crippen LogP contribution >= 0.6 is 0 Å². The van der Waals surface area contributed by atoms with Crippen LogP contribution in [0.25, 0.3) is 10.8 Å². The molecule has 0 saturated heterocycles. The molecule has 2 N–H and O–H groups in total. The van der Waals surface area contributed by atoms with Gasteiger partial charge in [0.25, 0.3) is 15.9 Å². The zero-order valence-electron chi connectivity index (χ0n) is 16.3. The van der Waals surface area contributed by atoms with Crippen LogP contribution in [0.2, 0.25) is 0 Å². The average molecular weight is 417 g/mol. The fraction of sp³-hybridized carbons (Fsp3) is 0.0417. The molecule has 0 aromatic heterocycles. The maximum atomic E-state index is 12.9. The van der Waals surface area contributed by atoms with Gasteiger partial charge in [0.15, 0.2) is 0 Å². The molecule has 0 spiro atoms. The third kappa shape index (κ3) is 4.04. The Morgan fingerprint density at radius 3 is 2.30 bits per heavy atom. The zero-order chi connectivity index (χ0) is 21.1. The van der Waals surface area contributed by atoms with Gasteiger partial charge in [-0.2, -0.15) is 0 Å². The first-order chi connectivity index (χ1) is 14.4. The minimum absolute atomic E-state index is 0.0666. The average Bonchev–Trinajstić information content (AvgIpc) is 2.74. The smallest absolute Gasteiger partial charge is 0.262 e. The molecule has 0 atom stereocenters. The third-order valence-corrected chi connectivity index (χ3v) is 6.33. The van der Waals surface area contributed by atoms with Gasteiger partial charge < -0.3 is 5.32 Å². The summed E-state index contributed by atoms with van der Waals surface area (Å²) in [6.45, 7) is 1.70. The summed E-state index contributed by atoms with van der Waals surface area (Å²) in [7, 11) is -3.84. The van der Waals surface area contributed by atoms with Gasteiger partial charge in [-0.15, -0.1) is 0 Å². The normalized spacial score (nSPS) is 11.2. The summed E-state index contributed by atoms with van der Waals surface area (Å²) in [6, 6.07) is 26.7. The summed E-state index contributed by atoms with van der Waals surface area (Å²) in [6.07, 6.45) is 0. The summed E-state index contributed by atoms with van der Waals surface area (Å²) >= 11 is 0. The molecule has 5 nitrogen and oxygen atoms in total. The molecular formula is C24H20N2O3S. The number of hydrogen-bond donors (Lipinski definition) is 2. The first-order valence-corrected chi connectivity index (χ1v) is 10.9. The Labute approximate surface area is 175 Å². The van der Waals surface area contributed by atoms with E-state index in [4.69, 9.17) is 0 Å². The van der Waals surface area contributed by atoms with E-state index in [1.165, 1.54) is 6.07 Å². The molecule has 0 unspecified atom stereocenters. The van der Waals surface area contributed by atoms with Crippen LogP contribution in [0.5, 0.6) is 0 Å². The Morgan fingerprint density at radius 2 is 1.50 bits per heavy atom. The number of aryl methyl sites for hydroxylation is 1. The Morgan fingerprint density at radius 1 is 0.800 bits per heavy atom. The lowest BCUT2D eigenvalue weighted by Crippen LogP contribution is -2.17. The van der Waals surface area contributed by atoms with E-state index in [1.54, 1.807) is 49.4 Å². The second-order valence-electron chi connectivity index (χ2n) is 6.93. The zero-order valence-corrected chi connectivity index (χ0v) is 17.1. The minimum Gasteiger partial charge on any atom is -0.321 e. The van der Waals surface area contributed by atoms with Gasteiger partial charge in [0, 0.05) is 22.3 Å². The van der Waals surface area contributed by atoms with Gasteiger partial charge in [-0.1, -0.05) is 60.7 Å². The lowest BCUT2D eigenvalue weighted by molar-refractivity contribution is 0.102. The first kappa shape index (κ1) is 19.7. The molecule has 30 heavy (non-hydrogen) atoms. The highest BCUT2D eigenvalue weighted by Crippen LogP contribution is 2.25. The molecular weight excluding hydrogens is 396 g/mol. The quantitative estimate of drug-likeness (QED) is 0.469. The number of carbonyl (C=O) groups is 1. The predicted octanol–water partition coefficient (Wildman–Crippen LogP) is 5.20. The van der Waals surface area contributed by atoms with Crippen molar-refractivity contribution in [3.8, 4) is 0 Å². The van der Waals surface area contributed by atoms with Gasteiger partial charge in [0.1, 0.15) is 0 Å². The highest BCUT2D eigenvalue weighted by atomic mass is 32.2. The predicted molar refractivity (Wildman–Crippen MR) is 120 cm³/mol. The molecule has 0 heterocycles. The molecule has 0 radical (unpaired) electrons. The van der Waals surface area contributed by atoms with Crippen LogP contribution in [-0.2, 0) is 10.0 Å². The number of para-hydroxylation sites is 1. The molecule has 4 rings (SSSR count). The van der Waals surface area contributed by atoms with Crippen LogP contribution < -0.4 is 10.0 Å². The largest absolute Gasteiger partial charge is 0.321 e. The third-order valence-electron chi connectivity index (χ3n) is 4.80. The molecule has 0 fully saturated rings. The standard InChI is InChI=1S/C24H20N2O3S/c1-17-14-15-19(16-23(17)30(28,29)26-20-10-3-2-4-11-20)24(27)25-22-13-7-9-18-8-5-6-12-21(18)22/h2-16,26H,1H3,(H,25,27). The van der Waals surface area contributed by atoms with E-state index in [9.17, 15) is 13.2 Å². The van der Waals surface area contributed by atoms with Crippen LogP contribution in [0, 0.1) is 6.92 Å². The van der Waals surface area contributed by atoms with Crippen molar-refractivity contribution in [2.45, 2.75) is 11.8 Å². The number of hydrogen-bond acceptors (Lipinski definition) is 3. The molecule has 1 amide bonds. The van der Waals surface area contributed by atoms with E-state index in [2.05, 4.69) is 10.0 Å². The number of rotatable bonds is 5. The van der Waals surface area contributed by atoms with Crippen molar-refractivity contribution in [2.75, 3.05) is 10.0 Å². The maximum absolute atomic E-state index is 12.9. The summed E-state index contributed by atoms with van der Waals surface area (Å²) in [5.41, 5.74) is 1.95. The van der Waals surface area contributed by atoms with E-state index in [-0.39, 0.29) is 16.4 Å². The van der Waals surface area contributed by atoms with E-state index in [0.29, 0.717) is 16.9 Å². The van der Waals surface area contributed by atoms with Crippen LogP contribution in [0.1, 0.15) is 15.9 Å². The Bertz CT molecular complexity index is 1330. The van der Waals surface area contributed by atoms with Gasteiger partial charge in [-0.3, -0.25) is 9.52 Å². The highest BCUT2D eigenvalue weighted by Gasteiger charge is 2.19. The minimum atomic E-state index is -3.84. The first-order valence-electron chi connectivity index (χ1n) is 9.42. The highest BCUT2D eigenvalue weighted by molar-refractivity contribution is 7.92.